The van der Waals surface area contributed by atoms with Crippen LogP contribution in [0.2, 0.25) is 5.02 Å². The number of alkyl halides is 3. The highest BCUT2D eigenvalue weighted by Gasteiger charge is 2.68. The van der Waals surface area contributed by atoms with Crippen molar-refractivity contribution in [1.82, 2.24) is 20.2 Å². The molecule has 0 atom stereocenters. The van der Waals surface area contributed by atoms with Crippen LogP contribution < -0.4 is 10.6 Å². The topological polar surface area (TPSA) is 76.0 Å². The Morgan fingerprint density at radius 2 is 1.89 bits per heavy atom. The van der Waals surface area contributed by atoms with Crippen LogP contribution in [0.1, 0.15) is 53.0 Å². The zero-order chi connectivity index (χ0) is 25.7. The number of halogens is 4. The van der Waals surface area contributed by atoms with Gasteiger partial charge in [-0.15, -0.1) is 0 Å². The summed E-state index contributed by atoms with van der Waals surface area (Å²) in [5.74, 6) is 0.205. The summed E-state index contributed by atoms with van der Waals surface area (Å²) in [4.78, 5) is 29.3. The Kier molecular flexibility index (Phi) is 6.22. The zero-order valence-corrected chi connectivity index (χ0v) is 20.5. The molecule has 2 saturated carbocycles. The van der Waals surface area contributed by atoms with Gasteiger partial charge < -0.3 is 15.2 Å². The fourth-order valence-corrected chi connectivity index (χ4v) is 4.55. The largest absolute Gasteiger partial charge is 0.403 e. The second-order valence-corrected chi connectivity index (χ2v) is 10.2. The first-order chi connectivity index (χ1) is 17.1. The van der Waals surface area contributed by atoms with Crippen LogP contribution in [-0.4, -0.2) is 34.1 Å². The molecule has 190 valence electrons. The minimum atomic E-state index is -4.54. The van der Waals surface area contributed by atoms with E-state index in [4.69, 9.17) is 16.6 Å². The summed E-state index contributed by atoms with van der Waals surface area (Å²) < 4.78 is 41.5. The maximum absolute atomic E-state index is 13.2. The Balaban J connectivity index is 1.30. The SMILES string of the molecule is Cn1c(Cc2cc(CNC(=O)C3(C(F)(F)F)CC3)ccc2Cl)nc2cc(C(=O)NCC3CC3)ccc21. The van der Waals surface area contributed by atoms with E-state index in [1.165, 1.54) is 0 Å². The van der Waals surface area contributed by atoms with Crippen molar-refractivity contribution < 1.29 is 22.8 Å². The van der Waals surface area contributed by atoms with Gasteiger partial charge in [0.05, 0.1) is 11.0 Å². The molecule has 36 heavy (non-hydrogen) atoms. The standard InChI is InChI=1S/C26H26ClF3N4O2/c1-34-21-7-5-17(23(35)31-13-15-2-3-15)11-20(21)33-22(34)12-18-10-16(4-6-19(18)27)14-32-24(36)25(8-9-25)26(28,29)30/h4-7,10-11,15H,2-3,8-9,12-14H2,1H3,(H,31,35)(H,32,36). The van der Waals surface area contributed by atoms with E-state index in [-0.39, 0.29) is 25.3 Å². The van der Waals surface area contributed by atoms with Gasteiger partial charge in [-0.05, 0) is 67.0 Å². The van der Waals surface area contributed by atoms with Crippen molar-refractivity contribution >= 4 is 34.4 Å². The summed E-state index contributed by atoms with van der Waals surface area (Å²) in [5, 5.41) is 5.88. The summed E-state index contributed by atoms with van der Waals surface area (Å²) in [6.45, 7) is 0.666. The van der Waals surface area contributed by atoms with E-state index < -0.39 is 17.5 Å². The molecule has 0 aliphatic heterocycles. The maximum Gasteiger partial charge on any atom is 0.403 e. The highest BCUT2D eigenvalue weighted by Crippen LogP contribution is 2.57. The average Bonchev–Trinajstić information content (AvgIpc) is 3.75. The number of amides is 2. The van der Waals surface area contributed by atoms with Crippen LogP contribution in [0.3, 0.4) is 0 Å². The Morgan fingerprint density at radius 3 is 2.56 bits per heavy atom. The van der Waals surface area contributed by atoms with Crippen LogP contribution in [0.25, 0.3) is 11.0 Å². The summed E-state index contributed by atoms with van der Waals surface area (Å²) in [5.41, 5.74) is 1.24. The van der Waals surface area contributed by atoms with Crippen LogP contribution in [0.15, 0.2) is 36.4 Å². The van der Waals surface area contributed by atoms with Crippen LogP contribution in [0, 0.1) is 11.3 Å². The fourth-order valence-electron chi connectivity index (χ4n) is 4.37. The molecule has 2 aliphatic carbocycles. The van der Waals surface area contributed by atoms with E-state index in [0.29, 0.717) is 40.5 Å². The number of rotatable bonds is 8. The fraction of sp³-hybridized carbons (Fsp3) is 0.423. The number of aromatic nitrogens is 2. The van der Waals surface area contributed by atoms with Gasteiger partial charge in [-0.25, -0.2) is 4.98 Å². The van der Waals surface area contributed by atoms with E-state index in [0.717, 1.165) is 29.7 Å². The molecule has 3 aromatic rings. The lowest BCUT2D eigenvalue weighted by Crippen LogP contribution is -2.40. The third-order valence-electron chi connectivity index (χ3n) is 7.12. The predicted octanol–water partition coefficient (Wildman–Crippen LogP) is 4.92. The van der Waals surface area contributed by atoms with Gasteiger partial charge in [0, 0.05) is 37.1 Å². The second kappa shape index (κ2) is 9.10. The predicted molar refractivity (Wildman–Crippen MR) is 130 cm³/mol. The third kappa shape index (κ3) is 4.81. The Hall–Kier alpha value is -3.07. The number of imidazole rings is 1. The summed E-state index contributed by atoms with van der Waals surface area (Å²) in [6, 6.07) is 10.5. The lowest BCUT2D eigenvalue weighted by Gasteiger charge is -2.18. The molecule has 5 rings (SSSR count). The van der Waals surface area contributed by atoms with Crippen molar-refractivity contribution in [3.8, 4) is 0 Å². The highest BCUT2D eigenvalue weighted by atomic mass is 35.5. The number of nitrogens with one attached hydrogen (secondary N) is 2. The summed E-state index contributed by atoms with van der Waals surface area (Å²) in [6.07, 6.45) is -2.20. The number of aryl methyl sites for hydroxylation is 1. The number of carbonyl (C=O) groups is 2. The van der Waals surface area contributed by atoms with Gasteiger partial charge in [-0.2, -0.15) is 13.2 Å². The molecule has 2 aliphatic rings. The molecule has 1 aromatic heterocycles. The van der Waals surface area contributed by atoms with E-state index in [9.17, 15) is 22.8 Å². The molecule has 2 aromatic carbocycles. The van der Waals surface area contributed by atoms with Crippen LogP contribution >= 0.6 is 11.6 Å². The van der Waals surface area contributed by atoms with Gasteiger partial charge in [0.25, 0.3) is 5.91 Å². The lowest BCUT2D eigenvalue weighted by atomic mass is 10.0. The first-order valence-electron chi connectivity index (χ1n) is 11.9. The monoisotopic (exact) mass is 518 g/mol. The van der Waals surface area contributed by atoms with Crippen LogP contribution in [-0.2, 0) is 24.8 Å². The van der Waals surface area contributed by atoms with Crippen molar-refractivity contribution in [3.05, 3.63) is 63.9 Å². The van der Waals surface area contributed by atoms with Gasteiger partial charge in [0.2, 0.25) is 5.91 Å². The Labute approximate surface area is 211 Å². The van der Waals surface area contributed by atoms with Crippen molar-refractivity contribution in [2.24, 2.45) is 18.4 Å². The second-order valence-electron chi connectivity index (χ2n) is 9.81. The highest BCUT2D eigenvalue weighted by molar-refractivity contribution is 6.31. The Bertz CT molecular complexity index is 1340. The van der Waals surface area contributed by atoms with Crippen molar-refractivity contribution in [3.63, 3.8) is 0 Å². The smallest absolute Gasteiger partial charge is 0.352 e. The van der Waals surface area contributed by atoms with Gasteiger partial charge in [-0.3, -0.25) is 9.59 Å². The van der Waals surface area contributed by atoms with Gasteiger partial charge >= 0.3 is 6.18 Å². The normalized spacial score (nSPS) is 16.7. The number of benzene rings is 2. The van der Waals surface area contributed by atoms with Crippen LogP contribution in [0.5, 0.6) is 0 Å². The first-order valence-corrected chi connectivity index (χ1v) is 12.3. The molecule has 2 N–H and O–H groups in total. The van der Waals surface area contributed by atoms with Crippen LogP contribution in [0.4, 0.5) is 13.2 Å². The van der Waals surface area contributed by atoms with E-state index in [1.807, 2.05) is 17.7 Å². The van der Waals surface area contributed by atoms with Gasteiger partial charge in [0.15, 0.2) is 0 Å². The lowest BCUT2D eigenvalue weighted by molar-refractivity contribution is -0.192. The molecule has 0 radical (unpaired) electrons. The quantitative estimate of drug-likeness (QED) is 0.444. The van der Waals surface area contributed by atoms with Gasteiger partial charge in [0.1, 0.15) is 11.2 Å². The van der Waals surface area contributed by atoms with Gasteiger partial charge in [-0.1, -0.05) is 23.7 Å². The Morgan fingerprint density at radius 1 is 1.14 bits per heavy atom. The van der Waals surface area contributed by atoms with Crippen molar-refractivity contribution in [2.45, 2.75) is 44.8 Å². The molecule has 6 nitrogen and oxygen atoms in total. The molecule has 0 saturated heterocycles. The molecule has 0 spiro atoms. The first kappa shape index (κ1) is 24.6. The maximum atomic E-state index is 13.2. The van der Waals surface area contributed by atoms with E-state index in [2.05, 4.69) is 10.6 Å². The molecule has 2 amide bonds. The third-order valence-corrected chi connectivity index (χ3v) is 7.49. The molecule has 2 fully saturated rings. The van der Waals surface area contributed by atoms with Crippen molar-refractivity contribution in [1.29, 1.82) is 0 Å². The molecular weight excluding hydrogens is 493 g/mol. The molecular formula is C26H26ClF3N4O2. The zero-order valence-electron chi connectivity index (χ0n) is 19.7. The minimum Gasteiger partial charge on any atom is -0.352 e. The molecule has 0 unspecified atom stereocenters. The van der Waals surface area contributed by atoms with E-state index >= 15 is 0 Å². The van der Waals surface area contributed by atoms with Crippen molar-refractivity contribution in [2.75, 3.05) is 6.54 Å². The number of hydrogen-bond donors (Lipinski definition) is 2. The number of hydrogen-bond acceptors (Lipinski definition) is 3. The summed E-state index contributed by atoms with van der Waals surface area (Å²) >= 11 is 6.41. The number of carbonyl (C=O) groups excluding carboxylic acids is 2. The molecule has 1 heterocycles. The van der Waals surface area contributed by atoms with E-state index in [1.54, 1.807) is 30.3 Å². The average molecular weight is 519 g/mol. The number of fused-ring (bicyclic) bond motifs is 1. The molecule has 10 heteroatoms. The summed E-state index contributed by atoms with van der Waals surface area (Å²) in [7, 11) is 1.88. The molecule has 0 bridgehead atoms. The minimum absolute atomic E-state index is 0.0251. The number of nitrogens with zero attached hydrogens (tertiary/aromatic N) is 2.